The molecule has 0 spiro atoms. The summed E-state index contributed by atoms with van der Waals surface area (Å²) in [5.74, 6) is 0.827. The van der Waals surface area contributed by atoms with Gasteiger partial charge in [-0.25, -0.2) is 0 Å². The highest BCUT2D eigenvalue weighted by molar-refractivity contribution is 4.90. The zero-order valence-electron chi connectivity index (χ0n) is 13.8. The highest BCUT2D eigenvalue weighted by Crippen LogP contribution is 2.43. The van der Waals surface area contributed by atoms with Crippen LogP contribution in [0.3, 0.4) is 0 Å². The summed E-state index contributed by atoms with van der Waals surface area (Å²) in [4.78, 5) is 0. The monoisotopic (exact) mass is 280 g/mol. The van der Waals surface area contributed by atoms with Crippen LogP contribution in [-0.2, 0) is 0 Å². The van der Waals surface area contributed by atoms with Gasteiger partial charge in [0, 0.05) is 13.1 Å². The largest absolute Gasteiger partial charge is 0.330 e. The molecule has 0 atom stereocenters. The van der Waals surface area contributed by atoms with E-state index in [4.69, 9.17) is 5.73 Å². The third-order valence-corrected chi connectivity index (χ3v) is 5.85. The highest BCUT2D eigenvalue weighted by Gasteiger charge is 2.35. The second-order valence-electron chi connectivity index (χ2n) is 8.17. The van der Waals surface area contributed by atoms with Crippen molar-refractivity contribution in [2.75, 3.05) is 19.6 Å². The number of hydrogen-bond donors (Lipinski definition) is 2. The maximum Gasteiger partial charge on any atom is 0.00201 e. The maximum absolute atomic E-state index is 6.11. The van der Waals surface area contributed by atoms with Gasteiger partial charge in [-0.15, -0.1) is 0 Å². The topological polar surface area (TPSA) is 38.0 Å². The Morgan fingerprint density at radius 1 is 0.850 bits per heavy atom. The zero-order chi connectivity index (χ0) is 14.5. The summed E-state index contributed by atoms with van der Waals surface area (Å²) in [6.45, 7) is 8.01. The summed E-state index contributed by atoms with van der Waals surface area (Å²) in [6, 6.07) is 0. The molecule has 118 valence electrons. The first kappa shape index (κ1) is 16.3. The van der Waals surface area contributed by atoms with Crippen LogP contribution in [0.2, 0.25) is 0 Å². The van der Waals surface area contributed by atoms with Gasteiger partial charge in [-0.3, -0.25) is 0 Å². The van der Waals surface area contributed by atoms with Gasteiger partial charge in [-0.2, -0.15) is 0 Å². The van der Waals surface area contributed by atoms with Crippen molar-refractivity contribution in [3.05, 3.63) is 0 Å². The fourth-order valence-electron chi connectivity index (χ4n) is 4.79. The summed E-state index contributed by atoms with van der Waals surface area (Å²) in [7, 11) is 0. The van der Waals surface area contributed by atoms with Gasteiger partial charge in [0.15, 0.2) is 0 Å². The molecule has 3 N–H and O–H groups in total. The van der Waals surface area contributed by atoms with Gasteiger partial charge < -0.3 is 11.1 Å². The summed E-state index contributed by atoms with van der Waals surface area (Å²) >= 11 is 0. The van der Waals surface area contributed by atoms with Crippen LogP contribution >= 0.6 is 0 Å². The summed E-state index contributed by atoms with van der Waals surface area (Å²) in [5.41, 5.74) is 7.11. The molecule has 0 amide bonds. The Hall–Kier alpha value is -0.0800. The minimum absolute atomic E-state index is 0.413. The minimum Gasteiger partial charge on any atom is -0.330 e. The van der Waals surface area contributed by atoms with Gasteiger partial charge in [-0.05, 0) is 55.4 Å². The van der Waals surface area contributed by atoms with Crippen molar-refractivity contribution in [1.29, 1.82) is 0 Å². The maximum atomic E-state index is 6.11. The molecule has 0 unspecified atom stereocenters. The van der Waals surface area contributed by atoms with E-state index >= 15 is 0 Å². The number of nitrogens with two attached hydrogens (primary N) is 1. The third-order valence-electron chi connectivity index (χ3n) is 5.85. The lowest BCUT2D eigenvalue weighted by atomic mass is 9.73. The van der Waals surface area contributed by atoms with Crippen molar-refractivity contribution in [1.82, 2.24) is 5.32 Å². The number of hydrogen-bond acceptors (Lipinski definition) is 2. The Labute approximate surface area is 126 Å². The average molecular weight is 280 g/mol. The molecular formula is C18H36N2. The van der Waals surface area contributed by atoms with Crippen LogP contribution in [0.1, 0.15) is 78.1 Å². The van der Waals surface area contributed by atoms with Gasteiger partial charge >= 0.3 is 0 Å². The molecule has 0 aromatic rings. The summed E-state index contributed by atoms with van der Waals surface area (Å²) in [5, 5.41) is 3.86. The molecule has 20 heavy (non-hydrogen) atoms. The average Bonchev–Trinajstić information content (AvgIpc) is 2.87. The molecule has 0 radical (unpaired) electrons. The van der Waals surface area contributed by atoms with Gasteiger partial charge in [0.2, 0.25) is 0 Å². The molecule has 2 heteroatoms. The first-order valence-electron chi connectivity index (χ1n) is 9.01. The Bertz CT molecular complexity index is 273. The number of nitrogens with one attached hydrogen (secondary N) is 1. The lowest BCUT2D eigenvalue weighted by Crippen LogP contribution is -2.45. The SMILES string of the molecule is CC(C)CC1(CNCC2(CN)CCCCC2)CCCC1. The van der Waals surface area contributed by atoms with Crippen molar-refractivity contribution in [3.8, 4) is 0 Å². The van der Waals surface area contributed by atoms with E-state index in [0.717, 1.165) is 19.0 Å². The molecule has 0 aromatic carbocycles. The highest BCUT2D eigenvalue weighted by atomic mass is 14.9. The van der Waals surface area contributed by atoms with Crippen molar-refractivity contribution in [2.24, 2.45) is 22.5 Å². The third kappa shape index (κ3) is 4.21. The van der Waals surface area contributed by atoms with E-state index in [0.29, 0.717) is 10.8 Å². The van der Waals surface area contributed by atoms with Crippen LogP contribution in [0.4, 0.5) is 0 Å². The van der Waals surface area contributed by atoms with Gasteiger partial charge in [0.05, 0.1) is 0 Å². The van der Waals surface area contributed by atoms with Crippen LogP contribution in [0.25, 0.3) is 0 Å². The van der Waals surface area contributed by atoms with E-state index < -0.39 is 0 Å². The van der Waals surface area contributed by atoms with Crippen LogP contribution in [0.5, 0.6) is 0 Å². The summed E-state index contributed by atoms with van der Waals surface area (Å²) in [6.07, 6.45) is 14.0. The molecule has 0 heterocycles. The zero-order valence-corrected chi connectivity index (χ0v) is 13.8. The van der Waals surface area contributed by atoms with Crippen LogP contribution in [0, 0.1) is 16.7 Å². The molecule has 2 rings (SSSR count). The normalized spacial score (nSPS) is 25.2. The van der Waals surface area contributed by atoms with Crippen molar-refractivity contribution in [2.45, 2.75) is 78.1 Å². The quantitative estimate of drug-likeness (QED) is 0.737. The second-order valence-corrected chi connectivity index (χ2v) is 8.17. The van der Waals surface area contributed by atoms with Crippen LogP contribution in [-0.4, -0.2) is 19.6 Å². The lowest BCUT2D eigenvalue weighted by molar-refractivity contribution is 0.166. The van der Waals surface area contributed by atoms with E-state index in [9.17, 15) is 0 Å². The van der Waals surface area contributed by atoms with E-state index in [1.54, 1.807) is 0 Å². The Morgan fingerprint density at radius 3 is 1.90 bits per heavy atom. The molecular weight excluding hydrogens is 244 g/mol. The lowest BCUT2D eigenvalue weighted by Gasteiger charge is -2.38. The van der Waals surface area contributed by atoms with E-state index in [-0.39, 0.29) is 0 Å². The van der Waals surface area contributed by atoms with Gasteiger partial charge in [0.25, 0.3) is 0 Å². The Morgan fingerprint density at radius 2 is 1.35 bits per heavy atom. The predicted molar refractivity (Wildman–Crippen MR) is 87.8 cm³/mol. The minimum atomic E-state index is 0.413. The standard InChI is InChI=1S/C18H36N2/c1-16(2)12-17(8-6-7-9-17)14-20-15-18(13-19)10-4-3-5-11-18/h16,20H,3-15,19H2,1-2H3. The van der Waals surface area contributed by atoms with E-state index in [2.05, 4.69) is 19.2 Å². The summed E-state index contributed by atoms with van der Waals surface area (Å²) < 4.78 is 0. The molecule has 0 bridgehead atoms. The second kappa shape index (κ2) is 7.26. The van der Waals surface area contributed by atoms with Crippen molar-refractivity contribution < 1.29 is 0 Å². The fraction of sp³-hybridized carbons (Fsp3) is 1.00. The fourth-order valence-corrected chi connectivity index (χ4v) is 4.79. The number of rotatable bonds is 7. The molecule has 2 aliphatic carbocycles. The molecule has 0 aliphatic heterocycles. The Kier molecular flexibility index (Phi) is 5.92. The smallest absolute Gasteiger partial charge is 0.00201 e. The predicted octanol–water partition coefficient (Wildman–Crippen LogP) is 4.09. The van der Waals surface area contributed by atoms with E-state index in [1.165, 1.54) is 70.8 Å². The first-order chi connectivity index (χ1) is 9.60. The Balaban J connectivity index is 1.83. The molecule has 2 nitrogen and oxygen atoms in total. The van der Waals surface area contributed by atoms with Crippen molar-refractivity contribution >= 4 is 0 Å². The molecule has 0 saturated heterocycles. The molecule has 2 aliphatic rings. The first-order valence-corrected chi connectivity index (χ1v) is 9.01. The van der Waals surface area contributed by atoms with E-state index in [1.807, 2.05) is 0 Å². The van der Waals surface area contributed by atoms with Crippen molar-refractivity contribution in [3.63, 3.8) is 0 Å². The molecule has 2 saturated carbocycles. The molecule has 2 fully saturated rings. The molecule has 0 aromatic heterocycles. The van der Waals surface area contributed by atoms with Crippen LogP contribution < -0.4 is 11.1 Å². The van der Waals surface area contributed by atoms with Gasteiger partial charge in [-0.1, -0.05) is 46.0 Å². The van der Waals surface area contributed by atoms with Crippen LogP contribution in [0.15, 0.2) is 0 Å². The van der Waals surface area contributed by atoms with Gasteiger partial charge in [0.1, 0.15) is 0 Å².